The van der Waals surface area contributed by atoms with Crippen LogP contribution in [0, 0.1) is 6.92 Å². The van der Waals surface area contributed by atoms with Crippen molar-refractivity contribution < 1.29 is 4.79 Å². The van der Waals surface area contributed by atoms with Crippen molar-refractivity contribution in [1.82, 2.24) is 15.2 Å². The molecule has 0 fully saturated rings. The maximum atomic E-state index is 10.9. The fourth-order valence-electron chi connectivity index (χ4n) is 1.49. The normalized spacial score (nSPS) is 10.1. The summed E-state index contributed by atoms with van der Waals surface area (Å²) in [7, 11) is 0. The molecule has 0 aliphatic rings. The van der Waals surface area contributed by atoms with Gasteiger partial charge in [0.05, 0.1) is 6.20 Å². The van der Waals surface area contributed by atoms with Gasteiger partial charge in [-0.3, -0.25) is 9.89 Å². The Morgan fingerprint density at radius 1 is 1.50 bits per heavy atom. The fourth-order valence-corrected chi connectivity index (χ4v) is 1.49. The van der Waals surface area contributed by atoms with Crippen LogP contribution in [0.2, 0.25) is 0 Å². The molecule has 82 valence electrons. The molecule has 5 heteroatoms. The van der Waals surface area contributed by atoms with Crippen molar-refractivity contribution in [2.24, 2.45) is 0 Å². The van der Waals surface area contributed by atoms with Gasteiger partial charge in [-0.2, -0.15) is 5.10 Å². The molecule has 1 amide bonds. The Balaban J connectivity index is 2.36. The maximum Gasteiger partial charge on any atom is 0.222 e. The van der Waals surface area contributed by atoms with Gasteiger partial charge in [0, 0.05) is 24.4 Å². The van der Waals surface area contributed by atoms with Crippen LogP contribution in [0.15, 0.2) is 24.5 Å². The minimum Gasteiger partial charge on any atom is -0.311 e. The van der Waals surface area contributed by atoms with E-state index in [1.165, 1.54) is 6.92 Å². The molecule has 2 rings (SSSR count). The second kappa shape index (κ2) is 4.14. The number of rotatable bonds is 2. The van der Waals surface area contributed by atoms with Crippen LogP contribution in [0.5, 0.6) is 0 Å². The van der Waals surface area contributed by atoms with E-state index in [1.807, 2.05) is 19.1 Å². The summed E-state index contributed by atoms with van der Waals surface area (Å²) in [5.41, 5.74) is 2.97. The van der Waals surface area contributed by atoms with Gasteiger partial charge in [-0.1, -0.05) is 0 Å². The molecular weight excluding hydrogens is 204 g/mol. The highest BCUT2D eigenvalue weighted by molar-refractivity contribution is 5.88. The van der Waals surface area contributed by atoms with Crippen LogP contribution in [0.3, 0.4) is 0 Å². The summed E-state index contributed by atoms with van der Waals surface area (Å²) < 4.78 is 0. The summed E-state index contributed by atoms with van der Waals surface area (Å²) in [5, 5.41) is 9.47. The predicted octanol–water partition coefficient (Wildman–Crippen LogP) is 1.74. The van der Waals surface area contributed by atoms with E-state index in [0.29, 0.717) is 5.82 Å². The van der Waals surface area contributed by atoms with E-state index in [1.54, 1.807) is 12.4 Å². The van der Waals surface area contributed by atoms with Gasteiger partial charge in [-0.15, -0.1) is 0 Å². The Morgan fingerprint density at radius 2 is 2.31 bits per heavy atom. The number of nitrogens with one attached hydrogen (secondary N) is 2. The Morgan fingerprint density at radius 3 is 2.94 bits per heavy atom. The Bertz CT molecular complexity index is 518. The van der Waals surface area contributed by atoms with Crippen molar-refractivity contribution in [2.75, 3.05) is 5.32 Å². The summed E-state index contributed by atoms with van der Waals surface area (Å²) in [4.78, 5) is 15.0. The highest BCUT2D eigenvalue weighted by Gasteiger charge is 2.05. The van der Waals surface area contributed by atoms with Gasteiger partial charge in [0.25, 0.3) is 0 Å². The number of amides is 1. The van der Waals surface area contributed by atoms with Gasteiger partial charge in [0.15, 0.2) is 0 Å². The minimum absolute atomic E-state index is 0.131. The lowest BCUT2D eigenvalue weighted by Crippen LogP contribution is -2.07. The van der Waals surface area contributed by atoms with Gasteiger partial charge in [0.1, 0.15) is 5.82 Å². The van der Waals surface area contributed by atoms with E-state index in [9.17, 15) is 4.79 Å². The Labute approximate surface area is 92.9 Å². The van der Waals surface area contributed by atoms with Crippen LogP contribution in [-0.2, 0) is 4.79 Å². The molecule has 2 aromatic heterocycles. The number of H-pyrrole nitrogens is 1. The van der Waals surface area contributed by atoms with Crippen LogP contribution in [0.4, 0.5) is 5.82 Å². The average Bonchev–Trinajstić information content (AvgIpc) is 2.64. The number of hydrogen-bond acceptors (Lipinski definition) is 3. The summed E-state index contributed by atoms with van der Waals surface area (Å²) in [6.45, 7) is 3.40. The average molecular weight is 216 g/mol. The zero-order chi connectivity index (χ0) is 11.5. The van der Waals surface area contributed by atoms with E-state index < -0.39 is 0 Å². The summed E-state index contributed by atoms with van der Waals surface area (Å²) in [6, 6.07) is 3.70. The predicted molar refractivity (Wildman–Crippen MR) is 60.9 cm³/mol. The molecule has 0 unspecified atom stereocenters. The van der Waals surface area contributed by atoms with Crippen LogP contribution in [0.1, 0.15) is 12.6 Å². The third-order valence-electron chi connectivity index (χ3n) is 2.20. The molecule has 2 aromatic rings. The highest BCUT2D eigenvalue weighted by Crippen LogP contribution is 2.22. The Kier molecular flexibility index (Phi) is 2.68. The second-order valence-corrected chi connectivity index (χ2v) is 3.52. The van der Waals surface area contributed by atoms with E-state index in [-0.39, 0.29) is 5.91 Å². The van der Waals surface area contributed by atoms with Gasteiger partial charge in [-0.25, -0.2) is 4.98 Å². The number of pyridine rings is 1. The van der Waals surface area contributed by atoms with Crippen molar-refractivity contribution in [3.8, 4) is 11.1 Å². The van der Waals surface area contributed by atoms with Crippen LogP contribution in [-0.4, -0.2) is 21.1 Å². The largest absolute Gasteiger partial charge is 0.311 e. The molecule has 0 aliphatic heterocycles. The third-order valence-corrected chi connectivity index (χ3v) is 2.20. The number of carbonyl (C=O) groups excluding carboxylic acids is 1. The summed E-state index contributed by atoms with van der Waals surface area (Å²) in [5.74, 6) is 0.416. The number of aromatic amines is 1. The quantitative estimate of drug-likeness (QED) is 0.803. The van der Waals surface area contributed by atoms with Crippen molar-refractivity contribution in [1.29, 1.82) is 0 Å². The van der Waals surface area contributed by atoms with Gasteiger partial charge < -0.3 is 5.32 Å². The molecule has 0 radical (unpaired) electrons. The van der Waals surface area contributed by atoms with Crippen molar-refractivity contribution >= 4 is 11.7 Å². The number of nitrogens with zero attached hydrogens (tertiary/aromatic N) is 2. The first-order valence-electron chi connectivity index (χ1n) is 4.91. The van der Waals surface area contributed by atoms with Crippen LogP contribution < -0.4 is 5.32 Å². The van der Waals surface area contributed by atoms with Crippen molar-refractivity contribution in [2.45, 2.75) is 13.8 Å². The number of anilines is 1. The maximum absolute atomic E-state index is 10.9. The lowest BCUT2D eigenvalue weighted by molar-refractivity contribution is -0.114. The molecular formula is C11H12N4O. The molecule has 2 N–H and O–H groups in total. The lowest BCUT2D eigenvalue weighted by Gasteiger charge is -2.03. The van der Waals surface area contributed by atoms with E-state index in [0.717, 1.165) is 16.8 Å². The molecule has 0 aliphatic carbocycles. The fraction of sp³-hybridized carbons (Fsp3) is 0.182. The highest BCUT2D eigenvalue weighted by atomic mass is 16.1. The lowest BCUT2D eigenvalue weighted by atomic mass is 10.1. The smallest absolute Gasteiger partial charge is 0.222 e. The number of aromatic nitrogens is 3. The molecule has 0 aromatic carbocycles. The molecule has 0 saturated carbocycles. The molecule has 0 bridgehead atoms. The number of aryl methyl sites for hydroxylation is 1. The van der Waals surface area contributed by atoms with Crippen LogP contribution >= 0.6 is 0 Å². The standard InChI is InChI=1S/C11H12N4O/c1-7-10(6-13-15-7)9-3-4-12-11(5-9)14-8(2)16/h3-6H,1-2H3,(H,13,15)(H,12,14,16). The monoisotopic (exact) mass is 216 g/mol. The second-order valence-electron chi connectivity index (χ2n) is 3.52. The zero-order valence-corrected chi connectivity index (χ0v) is 9.11. The number of hydrogen-bond donors (Lipinski definition) is 2. The molecule has 2 heterocycles. The Hall–Kier alpha value is -2.17. The van der Waals surface area contributed by atoms with Crippen LogP contribution in [0.25, 0.3) is 11.1 Å². The minimum atomic E-state index is -0.131. The molecule has 0 atom stereocenters. The first-order valence-corrected chi connectivity index (χ1v) is 4.91. The topological polar surface area (TPSA) is 70.7 Å². The van der Waals surface area contributed by atoms with Crippen molar-refractivity contribution in [3.63, 3.8) is 0 Å². The van der Waals surface area contributed by atoms with Gasteiger partial charge >= 0.3 is 0 Å². The zero-order valence-electron chi connectivity index (χ0n) is 9.11. The van der Waals surface area contributed by atoms with Gasteiger partial charge in [-0.05, 0) is 24.6 Å². The molecule has 0 saturated heterocycles. The first-order chi connectivity index (χ1) is 7.66. The van der Waals surface area contributed by atoms with Gasteiger partial charge in [0.2, 0.25) is 5.91 Å². The molecule has 0 spiro atoms. The molecule has 16 heavy (non-hydrogen) atoms. The van der Waals surface area contributed by atoms with Crippen molar-refractivity contribution in [3.05, 3.63) is 30.2 Å². The SMILES string of the molecule is CC(=O)Nc1cc(-c2cn[nH]c2C)ccn1. The van der Waals surface area contributed by atoms with E-state index in [2.05, 4.69) is 20.5 Å². The first kappa shape index (κ1) is 10.4. The van der Waals surface area contributed by atoms with E-state index >= 15 is 0 Å². The number of carbonyl (C=O) groups is 1. The third kappa shape index (κ3) is 2.08. The summed E-state index contributed by atoms with van der Waals surface area (Å²) in [6.07, 6.45) is 3.41. The van der Waals surface area contributed by atoms with E-state index in [4.69, 9.17) is 0 Å². The summed E-state index contributed by atoms with van der Waals surface area (Å²) >= 11 is 0. The molecule has 5 nitrogen and oxygen atoms in total.